The van der Waals surface area contributed by atoms with Crippen LogP contribution in [0.1, 0.15) is 103 Å². The maximum Gasteiger partial charge on any atom is 0.0524 e. The summed E-state index contributed by atoms with van der Waals surface area (Å²) >= 11 is 0. The monoisotopic (exact) mass is 534 g/mol. The Labute approximate surface area is 237 Å². The highest BCUT2D eigenvalue weighted by atomic mass is 15.2. The summed E-state index contributed by atoms with van der Waals surface area (Å²) in [7, 11) is 5.97. The highest BCUT2D eigenvalue weighted by Gasteiger charge is 2.51. The molecule has 8 atom stereocenters. The van der Waals surface area contributed by atoms with Crippen LogP contribution in [0.3, 0.4) is 0 Å². The molecule has 3 saturated carbocycles. The average Bonchev–Trinajstić information content (AvgIpc) is 3.80. The molecular formula is C33H54N6. The van der Waals surface area contributed by atoms with Crippen LogP contribution in [0.5, 0.6) is 0 Å². The zero-order chi connectivity index (χ0) is 28.6. The van der Waals surface area contributed by atoms with Gasteiger partial charge >= 0.3 is 0 Å². The van der Waals surface area contributed by atoms with Crippen molar-refractivity contribution in [2.75, 3.05) is 0 Å². The van der Waals surface area contributed by atoms with Crippen molar-refractivity contribution in [3.8, 4) is 0 Å². The third-order valence-corrected chi connectivity index (χ3v) is 9.76. The quantitative estimate of drug-likeness (QED) is 0.317. The number of aromatic nitrogens is 6. The smallest absolute Gasteiger partial charge is 0.0524 e. The molecule has 3 aliphatic rings. The van der Waals surface area contributed by atoms with Crippen molar-refractivity contribution < 1.29 is 0 Å². The Balaban J connectivity index is 0.000000136. The van der Waals surface area contributed by atoms with Gasteiger partial charge in [0.1, 0.15) is 0 Å². The van der Waals surface area contributed by atoms with Gasteiger partial charge in [-0.15, -0.1) is 0 Å². The van der Waals surface area contributed by atoms with E-state index in [9.17, 15) is 0 Å². The summed E-state index contributed by atoms with van der Waals surface area (Å²) in [5.74, 6) is 9.24. The second kappa shape index (κ2) is 12.0. The molecule has 0 saturated heterocycles. The van der Waals surface area contributed by atoms with Gasteiger partial charge in [-0.1, -0.05) is 61.8 Å². The third-order valence-electron chi connectivity index (χ3n) is 9.76. The van der Waals surface area contributed by atoms with Crippen molar-refractivity contribution in [1.82, 2.24) is 29.3 Å². The van der Waals surface area contributed by atoms with Crippen LogP contribution in [-0.4, -0.2) is 29.3 Å². The fraction of sp³-hybridized carbons (Fsp3) is 0.727. The van der Waals surface area contributed by atoms with Gasteiger partial charge in [-0.25, -0.2) is 0 Å². The molecule has 0 spiro atoms. The van der Waals surface area contributed by atoms with E-state index in [2.05, 4.69) is 89.3 Å². The fourth-order valence-electron chi connectivity index (χ4n) is 7.54. The molecule has 6 nitrogen and oxygen atoms in total. The number of rotatable bonds is 7. The lowest BCUT2D eigenvalue weighted by molar-refractivity contribution is 0.508. The minimum absolute atomic E-state index is 0.772. The SMILES string of the molecule is CC(C)C1C(C)C1c1cnn(C)c1.CC(C)C1CC1c1cnn(C)c1.CCC1C(c2cnn(C)c2)C1C(C)C. The van der Waals surface area contributed by atoms with Crippen molar-refractivity contribution in [2.24, 2.45) is 68.5 Å². The van der Waals surface area contributed by atoms with Crippen LogP contribution >= 0.6 is 0 Å². The van der Waals surface area contributed by atoms with E-state index in [4.69, 9.17) is 0 Å². The summed E-state index contributed by atoms with van der Waals surface area (Å²) in [5, 5.41) is 12.7. The number of nitrogens with zero attached hydrogens (tertiary/aromatic N) is 6. The van der Waals surface area contributed by atoms with Crippen LogP contribution in [0.2, 0.25) is 0 Å². The average molecular weight is 535 g/mol. The van der Waals surface area contributed by atoms with Gasteiger partial charge in [-0.05, 0) is 88.2 Å². The Hall–Kier alpha value is -2.37. The molecule has 3 aromatic rings. The van der Waals surface area contributed by atoms with E-state index in [1.165, 1.54) is 29.5 Å². The van der Waals surface area contributed by atoms with E-state index in [0.717, 1.165) is 65.1 Å². The molecular weight excluding hydrogens is 480 g/mol. The van der Waals surface area contributed by atoms with Gasteiger partial charge < -0.3 is 0 Å². The summed E-state index contributed by atoms with van der Waals surface area (Å²) in [4.78, 5) is 0. The number of aryl methyl sites for hydroxylation is 3. The lowest BCUT2D eigenvalue weighted by Crippen LogP contribution is -1.92. The molecule has 0 bridgehead atoms. The maximum absolute atomic E-state index is 4.26. The van der Waals surface area contributed by atoms with E-state index in [1.54, 1.807) is 0 Å². The molecule has 6 heteroatoms. The molecule has 3 aliphatic carbocycles. The summed E-state index contributed by atoms with van der Waals surface area (Å²) in [6.07, 6.45) is 15.2. The molecule has 0 N–H and O–H groups in total. The van der Waals surface area contributed by atoms with Gasteiger partial charge in [0, 0.05) is 39.7 Å². The summed E-state index contributed by atoms with van der Waals surface area (Å²) < 4.78 is 5.71. The maximum atomic E-state index is 4.26. The van der Waals surface area contributed by atoms with Gasteiger partial charge in [-0.3, -0.25) is 14.0 Å². The molecule has 3 aromatic heterocycles. The van der Waals surface area contributed by atoms with Crippen molar-refractivity contribution in [1.29, 1.82) is 0 Å². The van der Waals surface area contributed by atoms with E-state index >= 15 is 0 Å². The predicted octanol–water partition coefficient (Wildman–Crippen LogP) is 7.42. The van der Waals surface area contributed by atoms with Gasteiger partial charge in [-0.2, -0.15) is 15.3 Å². The van der Waals surface area contributed by atoms with Gasteiger partial charge in [0.25, 0.3) is 0 Å². The lowest BCUT2D eigenvalue weighted by Gasteiger charge is -2.00. The highest BCUT2D eigenvalue weighted by Crippen LogP contribution is 2.59. The molecule has 3 fully saturated rings. The zero-order valence-corrected chi connectivity index (χ0v) is 26.4. The predicted molar refractivity (Wildman–Crippen MR) is 160 cm³/mol. The van der Waals surface area contributed by atoms with E-state index in [-0.39, 0.29) is 0 Å². The van der Waals surface area contributed by atoms with Gasteiger partial charge in [0.05, 0.1) is 18.6 Å². The van der Waals surface area contributed by atoms with Crippen LogP contribution in [0, 0.1) is 47.3 Å². The van der Waals surface area contributed by atoms with Crippen LogP contribution in [0.25, 0.3) is 0 Å². The molecule has 216 valence electrons. The summed E-state index contributed by atoms with van der Waals surface area (Å²) in [5.41, 5.74) is 4.29. The van der Waals surface area contributed by atoms with Crippen LogP contribution in [0.15, 0.2) is 37.2 Å². The van der Waals surface area contributed by atoms with Gasteiger partial charge in [0.2, 0.25) is 0 Å². The molecule has 39 heavy (non-hydrogen) atoms. The Morgan fingerprint density at radius 2 is 1.15 bits per heavy atom. The second-order valence-corrected chi connectivity index (χ2v) is 13.7. The van der Waals surface area contributed by atoms with Gasteiger partial charge in [0.15, 0.2) is 0 Å². The zero-order valence-electron chi connectivity index (χ0n) is 26.4. The first-order valence-corrected chi connectivity index (χ1v) is 15.4. The van der Waals surface area contributed by atoms with Crippen LogP contribution in [0.4, 0.5) is 0 Å². The lowest BCUT2D eigenvalue weighted by atomic mass is 10.0. The molecule has 3 heterocycles. The minimum Gasteiger partial charge on any atom is -0.276 e. The van der Waals surface area contributed by atoms with Crippen molar-refractivity contribution >= 4 is 0 Å². The normalized spacial score (nSPS) is 30.6. The third kappa shape index (κ3) is 6.86. The first-order valence-electron chi connectivity index (χ1n) is 15.4. The molecule has 0 aromatic carbocycles. The topological polar surface area (TPSA) is 53.5 Å². The van der Waals surface area contributed by atoms with Crippen LogP contribution in [-0.2, 0) is 21.1 Å². The van der Waals surface area contributed by atoms with Crippen molar-refractivity contribution in [3.63, 3.8) is 0 Å². The van der Waals surface area contributed by atoms with E-state index in [0.29, 0.717) is 0 Å². The fourth-order valence-corrected chi connectivity index (χ4v) is 7.54. The number of hydrogen-bond donors (Lipinski definition) is 0. The second-order valence-electron chi connectivity index (χ2n) is 13.7. The first kappa shape index (κ1) is 29.6. The highest BCUT2D eigenvalue weighted by molar-refractivity contribution is 5.25. The molecule has 8 unspecified atom stereocenters. The standard InChI is InChI=1S/C12H20N2.C11H18N2.C10H16N2/c1-5-10-11(8(2)3)12(10)9-6-13-14(4)7-9;1-7(2)10-8(3)11(10)9-5-12-13(4)6-9;1-7(2)9-4-10(9)8-5-11-12(3)6-8/h6-8,10-12H,5H2,1-4H3;5-8,10-11H,1-4H3;5-7,9-10H,4H2,1-3H3. The Morgan fingerprint density at radius 1 is 0.692 bits per heavy atom. The van der Waals surface area contributed by atoms with Crippen LogP contribution < -0.4 is 0 Å². The van der Waals surface area contributed by atoms with Crippen molar-refractivity contribution in [3.05, 3.63) is 53.9 Å². The Morgan fingerprint density at radius 3 is 1.46 bits per heavy atom. The van der Waals surface area contributed by atoms with Crippen molar-refractivity contribution in [2.45, 2.75) is 86.0 Å². The summed E-state index contributed by atoms with van der Waals surface area (Å²) in [6, 6.07) is 0. The Bertz CT molecular complexity index is 1180. The minimum atomic E-state index is 0.772. The van der Waals surface area contributed by atoms with E-state index in [1.807, 2.05) is 53.8 Å². The number of hydrogen-bond acceptors (Lipinski definition) is 3. The summed E-state index contributed by atoms with van der Waals surface area (Å²) in [6.45, 7) is 18.6. The van der Waals surface area contributed by atoms with E-state index < -0.39 is 0 Å². The molecule has 0 radical (unpaired) electrons. The largest absolute Gasteiger partial charge is 0.276 e. The molecule has 0 aliphatic heterocycles. The Kier molecular flexibility index (Phi) is 9.12. The molecule has 6 rings (SSSR count). The molecule has 0 amide bonds. The first-order chi connectivity index (χ1) is 18.4.